The van der Waals surface area contributed by atoms with Crippen LogP contribution in [0.2, 0.25) is 5.02 Å². The van der Waals surface area contributed by atoms with Crippen LogP contribution in [0, 0.1) is 5.82 Å². The van der Waals surface area contributed by atoms with E-state index in [1.165, 1.54) is 29.2 Å². The lowest BCUT2D eigenvalue weighted by Crippen LogP contribution is -2.53. The van der Waals surface area contributed by atoms with Gasteiger partial charge in [-0.05, 0) is 60.9 Å². The topological polar surface area (TPSA) is 58.6 Å². The van der Waals surface area contributed by atoms with E-state index >= 15 is 0 Å². The van der Waals surface area contributed by atoms with Crippen LogP contribution in [0.15, 0.2) is 78.9 Å². The first kappa shape index (κ1) is 26.2. The molecule has 2 atom stereocenters. The van der Waals surface area contributed by atoms with Crippen molar-refractivity contribution in [2.75, 3.05) is 6.61 Å². The Hall–Kier alpha value is -3.38. The quantitative estimate of drug-likeness (QED) is 0.386. The zero-order valence-electron chi connectivity index (χ0n) is 19.9. The van der Waals surface area contributed by atoms with E-state index in [0.29, 0.717) is 17.2 Å². The number of rotatable bonds is 11. The molecular weight excluding hydrogens is 467 g/mol. The van der Waals surface area contributed by atoms with Gasteiger partial charge in [0, 0.05) is 24.0 Å². The first-order chi connectivity index (χ1) is 16.9. The number of carbonyl (C=O) groups is 2. The van der Waals surface area contributed by atoms with Crippen molar-refractivity contribution in [1.29, 1.82) is 0 Å². The summed E-state index contributed by atoms with van der Waals surface area (Å²) in [5, 5.41) is 3.61. The second-order valence-electron chi connectivity index (χ2n) is 8.41. The third-order valence-corrected chi connectivity index (χ3v) is 5.97. The predicted molar refractivity (Wildman–Crippen MR) is 136 cm³/mol. The molecule has 0 saturated heterocycles. The maximum atomic E-state index is 13.5. The normalized spacial score (nSPS) is 12.5. The molecule has 0 fully saturated rings. The van der Waals surface area contributed by atoms with E-state index in [1.54, 1.807) is 12.1 Å². The van der Waals surface area contributed by atoms with Crippen molar-refractivity contribution in [3.8, 4) is 5.75 Å². The Morgan fingerprint density at radius 1 is 0.971 bits per heavy atom. The van der Waals surface area contributed by atoms with Crippen molar-refractivity contribution in [3.63, 3.8) is 0 Å². The van der Waals surface area contributed by atoms with Gasteiger partial charge in [0.25, 0.3) is 5.91 Å². The summed E-state index contributed by atoms with van der Waals surface area (Å²) < 4.78 is 18.9. The summed E-state index contributed by atoms with van der Waals surface area (Å²) in [5.41, 5.74) is 1.77. The Bertz CT molecular complexity index is 1090. The van der Waals surface area contributed by atoms with Gasteiger partial charge in [-0.15, -0.1) is 0 Å². The van der Waals surface area contributed by atoms with Crippen LogP contribution in [-0.4, -0.2) is 35.4 Å². The van der Waals surface area contributed by atoms with Crippen molar-refractivity contribution in [2.45, 2.75) is 45.3 Å². The highest BCUT2D eigenvalue weighted by molar-refractivity contribution is 6.30. The third-order valence-electron chi connectivity index (χ3n) is 5.71. The Morgan fingerprint density at radius 3 is 2.26 bits per heavy atom. The predicted octanol–water partition coefficient (Wildman–Crippen LogP) is 5.41. The highest BCUT2D eigenvalue weighted by Gasteiger charge is 2.31. The van der Waals surface area contributed by atoms with E-state index in [-0.39, 0.29) is 31.0 Å². The largest absolute Gasteiger partial charge is 0.484 e. The van der Waals surface area contributed by atoms with Crippen molar-refractivity contribution >= 4 is 23.4 Å². The zero-order valence-corrected chi connectivity index (χ0v) is 20.7. The second kappa shape index (κ2) is 12.9. The summed E-state index contributed by atoms with van der Waals surface area (Å²) in [7, 11) is 0. The van der Waals surface area contributed by atoms with Gasteiger partial charge < -0.3 is 15.0 Å². The number of carbonyl (C=O) groups excluding carboxylic acids is 2. The molecule has 35 heavy (non-hydrogen) atoms. The van der Waals surface area contributed by atoms with Gasteiger partial charge in [0.15, 0.2) is 6.61 Å². The molecule has 0 spiro atoms. The monoisotopic (exact) mass is 496 g/mol. The number of hydrogen-bond donors (Lipinski definition) is 1. The lowest BCUT2D eigenvalue weighted by atomic mass is 10.0. The number of amides is 2. The zero-order chi connectivity index (χ0) is 25.2. The minimum atomic E-state index is -0.758. The van der Waals surface area contributed by atoms with Crippen molar-refractivity contribution in [3.05, 3.63) is 101 Å². The highest BCUT2D eigenvalue weighted by Crippen LogP contribution is 2.18. The maximum absolute atomic E-state index is 13.5. The Balaban J connectivity index is 1.89. The molecule has 0 aliphatic rings. The first-order valence-corrected chi connectivity index (χ1v) is 12.0. The lowest BCUT2D eigenvalue weighted by Gasteiger charge is -2.32. The average molecular weight is 497 g/mol. The van der Waals surface area contributed by atoms with Crippen LogP contribution in [0.5, 0.6) is 5.75 Å². The first-order valence-electron chi connectivity index (χ1n) is 11.6. The highest BCUT2D eigenvalue weighted by atomic mass is 35.5. The molecule has 3 aromatic carbocycles. The molecule has 2 amide bonds. The van der Waals surface area contributed by atoms with Crippen LogP contribution in [0.3, 0.4) is 0 Å². The Kier molecular flexibility index (Phi) is 9.67. The summed E-state index contributed by atoms with van der Waals surface area (Å²) >= 11 is 6.04. The summed E-state index contributed by atoms with van der Waals surface area (Å²) in [4.78, 5) is 28.4. The Morgan fingerprint density at radius 2 is 1.63 bits per heavy atom. The molecule has 0 aliphatic carbocycles. The number of hydrogen-bond acceptors (Lipinski definition) is 3. The molecule has 3 aromatic rings. The fraction of sp³-hybridized carbons (Fsp3) is 0.286. The second-order valence-corrected chi connectivity index (χ2v) is 8.85. The number of nitrogens with zero attached hydrogens (tertiary/aromatic N) is 1. The van der Waals surface area contributed by atoms with E-state index in [9.17, 15) is 14.0 Å². The van der Waals surface area contributed by atoms with Crippen molar-refractivity contribution in [1.82, 2.24) is 10.2 Å². The van der Waals surface area contributed by atoms with Gasteiger partial charge in [-0.3, -0.25) is 9.59 Å². The molecule has 0 aromatic heterocycles. The van der Waals surface area contributed by atoms with Gasteiger partial charge in [-0.1, -0.05) is 61.0 Å². The number of halogens is 2. The van der Waals surface area contributed by atoms with E-state index < -0.39 is 11.9 Å². The van der Waals surface area contributed by atoms with Crippen LogP contribution in [0.25, 0.3) is 0 Å². The molecule has 0 bridgehead atoms. The van der Waals surface area contributed by atoms with Crippen molar-refractivity contribution in [2.24, 2.45) is 0 Å². The summed E-state index contributed by atoms with van der Waals surface area (Å²) in [6.45, 7) is 3.83. The molecule has 1 N–H and O–H groups in total. The molecule has 3 rings (SSSR count). The number of benzene rings is 3. The number of nitrogens with one attached hydrogen (secondary N) is 1. The molecule has 0 radical (unpaired) electrons. The minimum Gasteiger partial charge on any atom is -0.484 e. The van der Waals surface area contributed by atoms with Gasteiger partial charge in [-0.25, -0.2) is 4.39 Å². The Labute approximate surface area is 210 Å². The van der Waals surface area contributed by atoms with Crippen molar-refractivity contribution < 1.29 is 18.7 Å². The van der Waals surface area contributed by atoms with E-state index in [2.05, 4.69) is 5.32 Å². The SMILES string of the molecule is CC[C@@H](C)NC(=O)[C@@H](Cc1ccccc1)N(Cc1ccc(Cl)cc1)C(=O)COc1ccc(F)cc1. The van der Waals surface area contributed by atoms with E-state index in [0.717, 1.165) is 17.5 Å². The van der Waals surface area contributed by atoms with Crippen LogP contribution in [0.1, 0.15) is 31.4 Å². The molecule has 0 heterocycles. The number of ether oxygens (including phenoxy) is 1. The molecule has 184 valence electrons. The standard InChI is InChI=1S/C28H30ClFN2O3/c1-3-20(2)31-28(34)26(17-21-7-5-4-6-8-21)32(18-22-9-11-23(29)12-10-22)27(33)19-35-25-15-13-24(30)14-16-25/h4-16,20,26H,3,17-19H2,1-2H3,(H,31,34)/t20-,26-/m1/s1. The van der Waals surface area contributed by atoms with Crippen LogP contribution < -0.4 is 10.1 Å². The van der Waals surface area contributed by atoms with Gasteiger partial charge in [0.2, 0.25) is 5.91 Å². The molecular formula is C28H30ClFN2O3. The minimum absolute atomic E-state index is 0.0382. The van der Waals surface area contributed by atoms with E-state index in [1.807, 2.05) is 56.3 Å². The molecule has 0 unspecified atom stereocenters. The van der Waals surface area contributed by atoms with Gasteiger partial charge in [-0.2, -0.15) is 0 Å². The summed E-state index contributed by atoms with van der Waals surface area (Å²) in [5.74, 6) is -0.607. The smallest absolute Gasteiger partial charge is 0.261 e. The van der Waals surface area contributed by atoms with Gasteiger partial charge >= 0.3 is 0 Å². The molecule has 0 saturated carbocycles. The average Bonchev–Trinajstić information content (AvgIpc) is 2.87. The summed E-state index contributed by atoms with van der Waals surface area (Å²) in [6, 6.07) is 21.4. The third kappa shape index (κ3) is 8.11. The summed E-state index contributed by atoms with van der Waals surface area (Å²) in [6.07, 6.45) is 1.11. The van der Waals surface area contributed by atoms with Crippen LogP contribution in [0.4, 0.5) is 4.39 Å². The maximum Gasteiger partial charge on any atom is 0.261 e. The fourth-order valence-electron chi connectivity index (χ4n) is 3.54. The van der Waals surface area contributed by atoms with Crippen LogP contribution >= 0.6 is 11.6 Å². The molecule has 5 nitrogen and oxygen atoms in total. The molecule has 0 aliphatic heterocycles. The van der Waals surface area contributed by atoms with Gasteiger partial charge in [0.1, 0.15) is 17.6 Å². The van der Waals surface area contributed by atoms with E-state index in [4.69, 9.17) is 16.3 Å². The lowest BCUT2D eigenvalue weighted by molar-refractivity contribution is -0.143. The van der Waals surface area contributed by atoms with Gasteiger partial charge in [0.05, 0.1) is 0 Å². The fourth-order valence-corrected chi connectivity index (χ4v) is 3.67. The molecule has 7 heteroatoms. The van der Waals surface area contributed by atoms with Crippen LogP contribution in [-0.2, 0) is 22.6 Å².